The minimum Gasteiger partial charge on any atom is -0.465 e. The standard InChI is InChI=1S/C15H22N4O6/c1-2-23-14(21)8-16-15(22)19(9-11-4-3-6-24-11)10-13(20)17-12-5-7-25-18-12/h5,7,11H,2-4,6,8-10H2,1H3,(H,16,22)(H,17,18,20). The van der Waals surface area contributed by atoms with Crippen molar-refractivity contribution in [1.29, 1.82) is 0 Å². The first-order chi connectivity index (χ1) is 12.1. The van der Waals surface area contributed by atoms with E-state index in [-0.39, 0.29) is 38.2 Å². The summed E-state index contributed by atoms with van der Waals surface area (Å²) in [5, 5.41) is 8.55. The Hall–Kier alpha value is -2.62. The molecule has 2 heterocycles. The number of aromatic nitrogens is 1. The number of urea groups is 1. The maximum absolute atomic E-state index is 12.3. The molecule has 1 atom stereocenters. The Labute approximate surface area is 144 Å². The molecule has 1 aromatic heterocycles. The van der Waals surface area contributed by atoms with Crippen LogP contribution in [0.5, 0.6) is 0 Å². The lowest BCUT2D eigenvalue weighted by atomic mass is 10.2. The van der Waals surface area contributed by atoms with Gasteiger partial charge in [-0.25, -0.2) is 4.79 Å². The zero-order chi connectivity index (χ0) is 18.1. The average molecular weight is 354 g/mol. The number of hydrogen-bond acceptors (Lipinski definition) is 7. The monoisotopic (exact) mass is 354 g/mol. The van der Waals surface area contributed by atoms with Crippen molar-refractivity contribution in [3.63, 3.8) is 0 Å². The third kappa shape index (κ3) is 6.42. The van der Waals surface area contributed by atoms with E-state index in [1.54, 1.807) is 6.92 Å². The molecule has 2 rings (SSSR count). The van der Waals surface area contributed by atoms with Crippen LogP contribution in [0.25, 0.3) is 0 Å². The number of carbonyl (C=O) groups is 3. The summed E-state index contributed by atoms with van der Waals surface area (Å²) in [4.78, 5) is 37.1. The van der Waals surface area contributed by atoms with Crippen LogP contribution in [0.1, 0.15) is 19.8 Å². The van der Waals surface area contributed by atoms with Crippen molar-refractivity contribution in [1.82, 2.24) is 15.4 Å². The fraction of sp³-hybridized carbons (Fsp3) is 0.600. The van der Waals surface area contributed by atoms with Crippen molar-refractivity contribution in [2.75, 3.05) is 38.2 Å². The molecule has 0 saturated carbocycles. The fourth-order valence-corrected chi connectivity index (χ4v) is 2.36. The van der Waals surface area contributed by atoms with Gasteiger partial charge in [0.2, 0.25) is 5.91 Å². The minimum atomic E-state index is -0.543. The predicted octanol–water partition coefficient (Wildman–Crippen LogP) is 0.367. The lowest BCUT2D eigenvalue weighted by Gasteiger charge is -2.24. The quantitative estimate of drug-likeness (QED) is 0.646. The second-order valence-corrected chi connectivity index (χ2v) is 5.41. The molecular weight excluding hydrogens is 332 g/mol. The van der Waals surface area contributed by atoms with E-state index in [4.69, 9.17) is 9.47 Å². The first-order valence-corrected chi connectivity index (χ1v) is 8.08. The molecule has 0 bridgehead atoms. The van der Waals surface area contributed by atoms with Crippen LogP contribution in [0, 0.1) is 0 Å². The number of amides is 3. The third-order valence-electron chi connectivity index (χ3n) is 3.46. The van der Waals surface area contributed by atoms with Crippen LogP contribution < -0.4 is 10.6 Å². The molecule has 25 heavy (non-hydrogen) atoms. The smallest absolute Gasteiger partial charge is 0.325 e. The molecule has 1 aromatic rings. The lowest BCUT2D eigenvalue weighted by Crippen LogP contribution is -2.48. The average Bonchev–Trinajstić information content (AvgIpc) is 3.26. The van der Waals surface area contributed by atoms with Crippen LogP contribution in [0.4, 0.5) is 10.6 Å². The highest BCUT2D eigenvalue weighted by atomic mass is 16.5. The summed E-state index contributed by atoms with van der Waals surface area (Å²) in [5.74, 6) is -0.716. The van der Waals surface area contributed by atoms with Crippen molar-refractivity contribution < 1.29 is 28.4 Å². The summed E-state index contributed by atoms with van der Waals surface area (Å²) in [7, 11) is 0. The number of nitrogens with one attached hydrogen (secondary N) is 2. The molecule has 1 fully saturated rings. The van der Waals surface area contributed by atoms with E-state index >= 15 is 0 Å². The molecule has 10 heteroatoms. The highest BCUT2D eigenvalue weighted by molar-refractivity contribution is 5.93. The van der Waals surface area contributed by atoms with Crippen LogP contribution in [-0.2, 0) is 19.1 Å². The first kappa shape index (κ1) is 18.7. The van der Waals surface area contributed by atoms with E-state index in [1.165, 1.54) is 17.2 Å². The number of ether oxygens (including phenoxy) is 2. The number of esters is 1. The van der Waals surface area contributed by atoms with E-state index in [2.05, 4.69) is 20.3 Å². The van der Waals surface area contributed by atoms with Crippen molar-refractivity contribution in [2.45, 2.75) is 25.9 Å². The molecular formula is C15H22N4O6. The molecule has 1 aliphatic rings. The van der Waals surface area contributed by atoms with E-state index in [0.29, 0.717) is 6.61 Å². The fourth-order valence-electron chi connectivity index (χ4n) is 2.36. The van der Waals surface area contributed by atoms with Crippen LogP contribution in [0.15, 0.2) is 16.9 Å². The Bertz CT molecular complexity index is 571. The molecule has 1 aliphatic heterocycles. The second kappa shape index (κ2) is 9.62. The predicted molar refractivity (Wildman–Crippen MR) is 85.7 cm³/mol. The van der Waals surface area contributed by atoms with Crippen LogP contribution >= 0.6 is 0 Å². The SMILES string of the molecule is CCOC(=O)CNC(=O)N(CC(=O)Nc1ccon1)CC1CCCO1. The van der Waals surface area contributed by atoms with Gasteiger partial charge in [0.25, 0.3) is 0 Å². The summed E-state index contributed by atoms with van der Waals surface area (Å²) < 4.78 is 14.9. The Kier molecular flexibility index (Phi) is 7.20. The molecule has 0 aliphatic carbocycles. The third-order valence-corrected chi connectivity index (χ3v) is 3.46. The number of carbonyl (C=O) groups excluding carboxylic acids is 3. The molecule has 1 saturated heterocycles. The summed E-state index contributed by atoms with van der Waals surface area (Å²) in [6, 6.07) is 0.947. The summed E-state index contributed by atoms with van der Waals surface area (Å²) >= 11 is 0. The molecule has 10 nitrogen and oxygen atoms in total. The van der Waals surface area contributed by atoms with Crippen molar-refractivity contribution in [3.8, 4) is 0 Å². The molecule has 2 N–H and O–H groups in total. The molecule has 138 valence electrons. The van der Waals surface area contributed by atoms with Gasteiger partial charge in [0.1, 0.15) is 19.4 Å². The molecule has 0 aromatic carbocycles. The first-order valence-electron chi connectivity index (χ1n) is 8.08. The van der Waals surface area contributed by atoms with Gasteiger partial charge in [0.05, 0.1) is 12.7 Å². The van der Waals surface area contributed by atoms with Gasteiger partial charge < -0.3 is 29.5 Å². The Balaban J connectivity index is 1.90. The van der Waals surface area contributed by atoms with Gasteiger partial charge in [0.15, 0.2) is 5.82 Å². The highest BCUT2D eigenvalue weighted by Crippen LogP contribution is 2.13. The van der Waals surface area contributed by atoms with Gasteiger partial charge in [-0.1, -0.05) is 5.16 Å². The summed E-state index contributed by atoms with van der Waals surface area (Å²) in [5.41, 5.74) is 0. The van der Waals surface area contributed by atoms with Crippen LogP contribution in [0.2, 0.25) is 0 Å². The second-order valence-electron chi connectivity index (χ2n) is 5.41. The Morgan fingerprint density at radius 1 is 1.44 bits per heavy atom. The highest BCUT2D eigenvalue weighted by Gasteiger charge is 2.25. The van der Waals surface area contributed by atoms with Crippen molar-refractivity contribution in [2.24, 2.45) is 0 Å². The molecule has 0 radical (unpaired) electrons. The molecule has 0 spiro atoms. The zero-order valence-corrected chi connectivity index (χ0v) is 14.0. The maximum atomic E-state index is 12.3. The summed E-state index contributed by atoms with van der Waals surface area (Å²) in [6.45, 7) is 2.32. The van der Waals surface area contributed by atoms with Gasteiger partial charge >= 0.3 is 12.0 Å². The Morgan fingerprint density at radius 2 is 2.28 bits per heavy atom. The van der Waals surface area contributed by atoms with Crippen LogP contribution in [0.3, 0.4) is 0 Å². The number of anilines is 1. The van der Waals surface area contributed by atoms with Gasteiger partial charge in [-0.15, -0.1) is 0 Å². The van der Waals surface area contributed by atoms with Gasteiger partial charge in [-0.2, -0.15) is 0 Å². The van der Waals surface area contributed by atoms with Crippen LogP contribution in [-0.4, -0.2) is 66.9 Å². The van der Waals surface area contributed by atoms with Gasteiger partial charge in [-0.3, -0.25) is 9.59 Å². The number of nitrogens with zero attached hydrogens (tertiary/aromatic N) is 2. The van der Waals surface area contributed by atoms with E-state index in [0.717, 1.165) is 12.8 Å². The maximum Gasteiger partial charge on any atom is 0.325 e. The molecule has 1 unspecified atom stereocenters. The Morgan fingerprint density at radius 3 is 2.92 bits per heavy atom. The number of rotatable bonds is 8. The topological polar surface area (TPSA) is 123 Å². The van der Waals surface area contributed by atoms with E-state index < -0.39 is 17.9 Å². The zero-order valence-electron chi connectivity index (χ0n) is 14.0. The largest absolute Gasteiger partial charge is 0.465 e. The minimum absolute atomic E-state index is 0.131. The van der Waals surface area contributed by atoms with Gasteiger partial charge in [0, 0.05) is 19.2 Å². The lowest BCUT2D eigenvalue weighted by molar-refractivity contribution is -0.141. The van der Waals surface area contributed by atoms with Crippen molar-refractivity contribution >= 4 is 23.7 Å². The van der Waals surface area contributed by atoms with E-state index in [9.17, 15) is 14.4 Å². The van der Waals surface area contributed by atoms with Crippen molar-refractivity contribution in [3.05, 3.63) is 12.3 Å². The van der Waals surface area contributed by atoms with Gasteiger partial charge in [-0.05, 0) is 19.8 Å². The summed E-state index contributed by atoms with van der Waals surface area (Å²) in [6.07, 6.45) is 2.92. The number of hydrogen-bond donors (Lipinski definition) is 2. The molecule has 3 amide bonds. The normalized spacial score (nSPS) is 16.3. The van der Waals surface area contributed by atoms with E-state index in [1.807, 2.05) is 0 Å².